The fourth-order valence-electron chi connectivity index (χ4n) is 4.49. The number of aryl methyl sites for hydroxylation is 1. The van der Waals surface area contributed by atoms with E-state index in [1.54, 1.807) is 43.0 Å². The molecule has 0 spiro atoms. The van der Waals surface area contributed by atoms with Gasteiger partial charge in [-0.2, -0.15) is 0 Å². The van der Waals surface area contributed by atoms with Crippen LogP contribution in [0.1, 0.15) is 25.5 Å². The molecule has 1 fully saturated rings. The molecule has 0 saturated carbocycles. The van der Waals surface area contributed by atoms with E-state index in [0.29, 0.717) is 17.3 Å². The first kappa shape index (κ1) is 22.0. The SMILES string of the molecule is CCN1CCC(C2=CC=C(C(=O)Nc3cc(F)c4nc(C)cn4c3)C(=N)/C2=C\NC)CC1. The summed E-state index contributed by atoms with van der Waals surface area (Å²) in [7, 11) is 1.79. The summed E-state index contributed by atoms with van der Waals surface area (Å²) in [6, 6.07) is 1.25. The number of piperidine rings is 1. The maximum atomic E-state index is 14.4. The second-order valence-electron chi connectivity index (χ2n) is 8.28. The number of nitrogens with one attached hydrogen (secondary N) is 3. The lowest BCUT2D eigenvalue weighted by atomic mass is 9.79. The van der Waals surface area contributed by atoms with E-state index in [1.807, 2.05) is 6.08 Å². The number of imidazole rings is 1. The molecule has 0 atom stereocenters. The predicted octanol–water partition coefficient (Wildman–Crippen LogP) is 3.44. The lowest BCUT2D eigenvalue weighted by Gasteiger charge is -2.34. The third-order valence-corrected chi connectivity index (χ3v) is 6.17. The van der Waals surface area contributed by atoms with Crippen molar-refractivity contribution in [1.29, 1.82) is 5.41 Å². The first-order valence-electron chi connectivity index (χ1n) is 11.0. The third kappa shape index (κ3) is 4.23. The van der Waals surface area contributed by atoms with Crippen LogP contribution in [-0.4, -0.2) is 52.6 Å². The lowest BCUT2D eigenvalue weighted by Crippen LogP contribution is -2.35. The van der Waals surface area contributed by atoms with Crippen molar-refractivity contribution in [1.82, 2.24) is 19.6 Å². The van der Waals surface area contributed by atoms with Gasteiger partial charge in [0.25, 0.3) is 5.91 Å². The average Bonchev–Trinajstić information content (AvgIpc) is 3.16. The first-order valence-corrected chi connectivity index (χ1v) is 11.0. The molecule has 3 heterocycles. The fraction of sp³-hybridized carbons (Fsp3) is 0.375. The first-order chi connectivity index (χ1) is 15.4. The number of carbonyl (C=O) groups is 1. The Bertz CT molecular complexity index is 1150. The van der Waals surface area contributed by atoms with Gasteiger partial charge in [-0.1, -0.05) is 13.0 Å². The summed E-state index contributed by atoms with van der Waals surface area (Å²) in [5.74, 6) is -0.594. The summed E-state index contributed by atoms with van der Waals surface area (Å²) in [5.41, 5.74) is 3.47. The summed E-state index contributed by atoms with van der Waals surface area (Å²) >= 11 is 0. The van der Waals surface area contributed by atoms with E-state index < -0.39 is 11.7 Å². The minimum absolute atomic E-state index is 0.173. The van der Waals surface area contributed by atoms with Gasteiger partial charge in [-0.15, -0.1) is 0 Å². The van der Waals surface area contributed by atoms with Crippen LogP contribution in [0, 0.1) is 24.1 Å². The molecule has 168 valence electrons. The number of hydrogen-bond donors (Lipinski definition) is 3. The molecule has 4 rings (SSSR count). The number of likely N-dealkylation sites (tertiary alicyclic amines) is 1. The van der Waals surface area contributed by atoms with Gasteiger partial charge in [0.1, 0.15) is 0 Å². The molecule has 0 bridgehead atoms. The Kier molecular flexibility index (Phi) is 6.23. The summed E-state index contributed by atoms with van der Waals surface area (Å²) in [5, 5.41) is 14.5. The zero-order valence-corrected chi connectivity index (χ0v) is 18.7. The number of nitrogens with zero attached hydrogens (tertiary/aromatic N) is 3. The second kappa shape index (κ2) is 9.08. The molecule has 0 aromatic carbocycles. The minimum atomic E-state index is -0.514. The largest absolute Gasteiger partial charge is 0.393 e. The molecule has 8 heteroatoms. The van der Waals surface area contributed by atoms with Crippen LogP contribution in [-0.2, 0) is 4.79 Å². The second-order valence-corrected chi connectivity index (χ2v) is 8.28. The van der Waals surface area contributed by atoms with Gasteiger partial charge in [-0.3, -0.25) is 10.2 Å². The molecule has 1 saturated heterocycles. The van der Waals surface area contributed by atoms with Crippen LogP contribution in [0.3, 0.4) is 0 Å². The topological polar surface area (TPSA) is 85.5 Å². The van der Waals surface area contributed by atoms with Crippen LogP contribution < -0.4 is 10.6 Å². The maximum Gasteiger partial charge on any atom is 0.257 e. The molecule has 1 aliphatic heterocycles. The van der Waals surface area contributed by atoms with Crippen molar-refractivity contribution >= 4 is 23.0 Å². The number of halogens is 1. The molecule has 2 aliphatic rings. The Labute approximate surface area is 187 Å². The van der Waals surface area contributed by atoms with Gasteiger partial charge in [0.05, 0.1) is 22.7 Å². The molecule has 2 aromatic heterocycles. The van der Waals surface area contributed by atoms with Crippen LogP contribution in [0.15, 0.2) is 53.5 Å². The summed E-state index contributed by atoms with van der Waals surface area (Å²) in [6.45, 7) is 7.09. The molecule has 7 nitrogen and oxygen atoms in total. The van der Waals surface area contributed by atoms with Gasteiger partial charge in [0, 0.05) is 37.3 Å². The van der Waals surface area contributed by atoms with E-state index in [9.17, 15) is 9.18 Å². The smallest absolute Gasteiger partial charge is 0.257 e. The molecule has 0 unspecified atom stereocenters. The normalized spacial score (nSPS) is 19.2. The standard InChI is InChI=1S/C24H29FN6O/c1-4-30-9-7-16(8-10-30)18-5-6-19(22(26)20(18)12-27-3)24(32)29-17-11-21(25)23-28-15(2)13-31(23)14-17/h5-6,11-14,16,26-27H,4,7-10H2,1-3H3,(H,29,32)/b20-12-,26-22?. The Balaban J connectivity index is 1.58. The molecule has 32 heavy (non-hydrogen) atoms. The Morgan fingerprint density at radius 1 is 1.31 bits per heavy atom. The van der Waals surface area contributed by atoms with Crippen LogP contribution >= 0.6 is 0 Å². The Morgan fingerprint density at radius 2 is 2.06 bits per heavy atom. The van der Waals surface area contributed by atoms with E-state index in [0.717, 1.165) is 43.6 Å². The predicted molar refractivity (Wildman–Crippen MR) is 124 cm³/mol. The summed E-state index contributed by atoms with van der Waals surface area (Å²) in [4.78, 5) is 19.6. The zero-order chi connectivity index (χ0) is 22.8. The van der Waals surface area contributed by atoms with Crippen molar-refractivity contribution in [2.75, 3.05) is 32.0 Å². The van der Waals surface area contributed by atoms with Gasteiger partial charge < -0.3 is 19.9 Å². The zero-order valence-electron chi connectivity index (χ0n) is 18.7. The van der Waals surface area contributed by atoms with Gasteiger partial charge in [0.2, 0.25) is 0 Å². The van der Waals surface area contributed by atoms with Crippen molar-refractivity contribution in [3.63, 3.8) is 0 Å². The number of rotatable bonds is 5. The van der Waals surface area contributed by atoms with Crippen molar-refractivity contribution < 1.29 is 9.18 Å². The molecule has 1 amide bonds. The molecular formula is C24H29FN6O. The Hall–Kier alpha value is -3.26. The molecule has 2 aromatic rings. The third-order valence-electron chi connectivity index (χ3n) is 6.17. The number of carbonyl (C=O) groups excluding carboxylic acids is 1. The lowest BCUT2D eigenvalue weighted by molar-refractivity contribution is -0.112. The molecular weight excluding hydrogens is 407 g/mol. The van der Waals surface area contributed by atoms with Gasteiger partial charge in [-0.25, -0.2) is 9.37 Å². The number of hydrogen-bond acceptors (Lipinski definition) is 5. The van der Waals surface area contributed by atoms with Crippen LogP contribution in [0.25, 0.3) is 5.65 Å². The monoisotopic (exact) mass is 436 g/mol. The van der Waals surface area contributed by atoms with E-state index in [4.69, 9.17) is 5.41 Å². The highest BCUT2D eigenvalue weighted by Gasteiger charge is 2.30. The van der Waals surface area contributed by atoms with Gasteiger partial charge in [0.15, 0.2) is 11.5 Å². The average molecular weight is 437 g/mol. The number of aromatic nitrogens is 2. The van der Waals surface area contributed by atoms with Crippen molar-refractivity contribution in [3.05, 3.63) is 65.0 Å². The van der Waals surface area contributed by atoms with Gasteiger partial charge >= 0.3 is 0 Å². The molecule has 3 N–H and O–H groups in total. The number of pyridine rings is 1. The maximum absolute atomic E-state index is 14.4. The number of anilines is 1. The molecule has 0 radical (unpaired) electrons. The summed E-state index contributed by atoms with van der Waals surface area (Å²) in [6.07, 6.45) is 10.9. The fourth-order valence-corrected chi connectivity index (χ4v) is 4.49. The van der Waals surface area contributed by atoms with Crippen molar-refractivity contribution in [2.24, 2.45) is 5.92 Å². The van der Waals surface area contributed by atoms with E-state index in [-0.39, 0.29) is 16.9 Å². The number of fused-ring (bicyclic) bond motifs is 1. The van der Waals surface area contributed by atoms with Gasteiger partial charge in [-0.05, 0) is 57.0 Å². The number of allylic oxidation sites excluding steroid dienone is 4. The quantitative estimate of drug-likeness (QED) is 0.670. The van der Waals surface area contributed by atoms with Crippen LogP contribution in [0.4, 0.5) is 10.1 Å². The van der Waals surface area contributed by atoms with Crippen LogP contribution in [0.2, 0.25) is 0 Å². The van der Waals surface area contributed by atoms with Crippen molar-refractivity contribution in [3.8, 4) is 0 Å². The van der Waals surface area contributed by atoms with Crippen LogP contribution in [0.5, 0.6) is 0 Å². The highest BCUT2D eigenvalue weighted by atomic mass is 19.1. The summed E-state index contributed by atoms with van der Waals surface area (Å²) < 4.78 is 15.9. The van der Waals surface area contributed by atoms with E-state index in [2.05, 4.69) is 27.4 Å². The molecule has 1 aliphatic carbocycles. The Morgan fingerprint density at radius 3 is 2.75 bits per heavy atom. The highest BCUT2D eigenvalue weighted by molar-refractivity contribution is 6.31. The minimum Gasteiger partial charge on any atom is -0.393 e. The number of amides is 1. The highest BCUT2D eigenvalue weighted by Crippen LogP contribution is 2.34. The van der Waals surface area contributed by atoms with Crippen molar-refractivity contribution in [2.45, 2.75) is 26.7 Å². The van der Waals surface area contributed by atoms with E-state index >= 15 is 0 Å². The van der Waals surface area contributed by atoms with E-state index in [1.165, 1.54) is 6.07 Å².